The van der Waals surface area contributed by atoms with Gasteiger partial charge in [0.25, 0.3) is 0 Å². The van der Waals surface area contributed by atoms with Gasteiger partial charge in [0.05, 0.1) is 12.2 Å². The number of carbonyl (C=O) groups excluding carboxylic acids is 1. The van der Waals surface area contributed by atoms with Crippen LogP contribution in [0, 0.1) is 0 Å². The first-order valence-corrected chi connectivity index (χ1v) is 10.8. The zero-order valence-corrected chi connectivity index (χ0v) is 18.2. The van der Waals surface area contributed by atoms with Crippen LogP contribution >= 0.6 is 0 Å². The third-order valence-electron chi connectivity index (χ3n) is 4.95. The largest absolute Gasteiger partial charge is 0.489 e. The molecule has 0 aromatic heterocycles. The molecule has 0 aliphatic carbocycles. The van der Waals surface area contributed by atoms with Crippen LogP contribution in [-0.4, -0.2) is 12.5 Å². The molecule has 0 atom stereocenters. The molecule has 4 aromatic rings. The summed E-state index contributed by atoms with van der Waals surface area (Å²) in [5.74, 6) is 1.30. The summed E-state index contributed by atoms with van der Waals surface area (Å²) in [5.41, 5.74) is 3.67. The highest BCUT2D eigenvalue weighted by Crippen LogP contribution is 2.24. The van der Waals surface area contributed by atoms with Gasteiger partial charge in [-0.1, -0.05) is 72.8 Å². The summed E-state index contributed by atoms with van der Waals surface area (Å²) in [6, 6.07) is 34.9. The normalized spacial score (nSPS) is 10.3. The van der Waals surface area contributed by atoms with Crippen molar-refractivity contribution in [3.8, 4) is 11.5 Å². The molecule has 166 valence electrons. The van der Waals surface area contributed by atoms with E-state index in [0.717, 1.165) is 22.6 Å². The van der Waals surface area contributed by atoms with Crippen LogP contribution in [-0.2, 0) is 18.0 Å². The minimum Gasteiger partial charge on any atom is -0.489 e. The summed E-state index contributed by atoms with van der Waals surface area (Å²) in [4.78, 5) is 12.4. The maximum absolute atomic E-state index is 12.4. The molecule has 4 aromatic carbocycles. The molecule has 0 radical (unpaired) electrons. The van der Waals surface area contributed by atoms with Crippen LogP contribution in [0.25, 0.3) is 0 Å². The molecule has 5 heteroatoms. The standard InChI is InChI=1S/C28H26N2O3/c31-28(30-24-15-17-25(18-16-24)32-20-22-9-3-1-4-10-22)19-29-26-13-7-8-14-27(26)33-21-23-11-5-2-6-12-23/h1-18,29H,19-21H2,(H,30,31). The van der Waals surface area contributed by atoms with Gasteiger partial charge in [-0.3, -0.25) is 4.79 Å². The van der Waals surface area contributed by atoms with Crippen LogP contribution in [0.4, 0.5) is 11.4 Å². The Labute approximate surface area is 194 Å². The molecule has 0 saturated heterocycles. The summed E-state index contributed by atoms with van der Waals surface area (Å²) in [6.07, 6.45) is 0. The molecule has 0 aliphatic rings. The molecule has 0 heterocycles. The van der Waals surface area contributed by atoms with Crippen molar-refractivity contribution < 1.29 is 14.3 Å². The lowest BCUT2D eigenvalue weighted by atomic mass is 10.2. The zero-order chi connectivity index (χ0) is 22.7. The molecular formula is C28H26N2O3. The van der Waals surface area contributed by atoms with E-state index in [4.69, 9.17) is 9.47 Å². The Kier molecular flexibility index (Phi) is 7.58. The van der Waals surface area contributed by atoms with Crippen molar-refractivity contribution in [2.24, 2.45) is 0 Å². The molecule has 0 fully saturated rings. The maximum Gasteiger partial charge on any atom is 0.243 e. The van der Waals surface area contributed by atoms with Gasteiger partial charge in [0, 0.05) is 5.69 Å². The Morgan fingerprint density at radius 2 is 1.21 bits per heavy atom. The van der Waals surface area contributed by atoms with E-state index >= 15 is 0 Å². The monoisotopic (exact) mass is 438 g/mol. The third kappa shape index (κ3) is 6.87. The lowest BCUT2D eigenvalue weighted by Crippen LogP contribution is -2.22. The number of hydrogen-bond acceptors (Lipinski definition) is 4. The predicted molar refractivity (Wildman–Crippen MR) is 132 cm³/mol. The number of hydrogen-bond donors (Lipinski definition) is 2. The summed E-state index contributed by atoms with van der Waals surface area (Å²) in [5, 5.41) is 6.05. The summed E-state index contributed by atoms with van der Waals surface area (Å²) in [7, 11) is 0. The lowest BCUT2D eigenvalue weighted by Gasteiger charge is -2.13. The van der Waals surface area contributed by atoms with Crippen LogP contribution < -0.4 is 20.1 Å². The average Bonchev–Trinajstić information content (AvgIpc) is 2.87. The Bertz CT molecular complexity index is 1150. The maximum atomic E-state index is 12.4. The first-order valence-electron chi connectivity index (χ1n) is 10.8. The fraction of sp³-hybridized carbons (Fsp3) is 0.107. The quantitative estimate of drug-likeness (QED) is 0.324. The average molecular weight is 439 g/mol. The van der Waals surface area contributed by atoms with E-state index in [1.54, 1.807) is 0 Å². The van der Waals surface area contributed by atoms with Gasteiger partial charge in [0.2, 0.25) is 5.91 Å². The number of para-hydroxylation sites is 2. The molecule has 0 bridgehead atoms. The molecule has 0 spiro atoms. The molecule has 0 aliphatic heterocycles. The minimum absolute atomic E-state index is 0.123. The van der Waals surface area contributed by atoms with E-state index < -0.39 is 0 Å². The number of rotatable bonds is 10. The summed E-state index contributed by atoms with van der Waals surface area (Å²) in [6.45, 7) is 1.09. The van der Waals surface area contributed by atoms with Crippen LogP contribution in [0.2, 0.25) is 0 Å². The molecule has 33 heavy (non-hydrogen) atoms. The molecule has 5 nitrogen and oxygen atoms in total. The Hall–Kier alpha value is -4.25. The second-order valence-electron chi connectivity index (χ2n) is 7.47. The molecule has 2 N–H and O–H groups in total. The third-order valence-corrected chi connectivity index (χ3v) is 4.95. The van der Waals surface area contributed by atoms with Crippen molar-refractivity contribution in [3.05, 3.63) is 120 Å². The van der Waals surface area contributed by atoms with Crippen LogP contribution in [0.5, 0.6) is 11.5 Å². The van der Waals surface area contributed by atoms with Crippen LogP contribution in [0.3, 0.4) is 0 Å². The Balaban J connectivity index is 1.25. The van der Waals surface area contributed by atoms with E-state index in [1.165, 1.54) is 0 Å². The Morgan fingerprint density at radius 3 is 1.88 bits per heavy atom. The second kappa shape index (κ2) is 11.4. The van der Waals surface area contributed by atoms with Crippen molar-refractivity contribution >= 4 is 17.3 Å². The summed E-state index contributed by atoms with van der Waals surface area (Å²) < 4.78 is 11.7. The van der Waals surface area contributed by atoms with Crippen molar-refractivity contribution in [2.45, 2.75) is 13.2 Å². The fourth-order valence-electron chi connectivity index (χ4n) is 3.23. The van der Waals surface area contributed by atoms with Crippen molar-refractivity contribution in [1.29, 1.82) is 0 Å². The smallest absolute Gasteiger partial charge is 0.243 e. The highest BCUT2D eigenvalue weighted by molar-refractivity contribution is 5.94. The van der Waals surface area contributed by atoms with Gasteiger partial charge >= 0.3 is 0 Å². The van der Waals surface area contributed by atoms with Gasteiger partial charge in [-0.15, -0.1) is 0 Å². The molecule has 0 saturated carbocycles. The highest BCUT2D eigenvalue weighted by Gasteiger charge is 2.07. The van der Waals surface area contributed by atoms with Gasteiger partial charge < -0.3 is 20.1 Å². The second-order valence-corrected chi connectivity index (χ2v) is 7.47. The first kappa shape index (κ1) is 22.0. The van der Waals surface area contributed by atoms with Gasteiger partial charge in [0.15, 0.2) is 0 Å². The lowest BCUT2D eigenvalue weighted by molar-refractivity contribution is -0.114. The molecule has 1 amide bonds. The minimum atomic E-state index is -0.147. The van der Waals surface area contributed by atoms with E-state index in [9.17, 15) is 4.79 Å². The van der Waals surface area contributed by atoms with E-state index in [1.807, 2.05) is 109 Å². The van der Waals surface area contributed by atoms with Crippen LogP contribution in [0.1, 0.15) is 11.1 Å². The van der Waals surface area contributed by atoms with Gasteiger partial charge in [-0.25, -0.2) is 0 Å². The number of amides is 1. The topological polar surface area (TPSA) is 59.6 Å². The summed E-state index contributed by atoms with van der Waals surface area (Å²) >= 11 is 0. The molecule has 4 rings (SSSR count). The number of ether oxygens (including phenoxy) is 2. The predicted octanol–water partition coefficient (Wildman–Crippen LogP) is 5.90. The van der Waals surface area contributed by atoms with Gasteiger partial charge in [-0.2, -0.15) is 0 Å². The van der Waals surface area contributed by atoms with Crippen molar-refractivity contribution in [3.63, 3.8) is 0 Å². The van der Waals surface area contributed by atoms with E-state index in [2.05, 4.69) is 10.6 Å². The van der Waals surface area contributed by atoms with Gasteiger partial charge in [-0.05, 0) is 47.5 Å². The number of anilines is 2. The van der Waals surface area contributed by atoms with E-state index in [-0.39, 0.29) is 12.5 Å². The van der Waals surface area contributed by atoms with Gasteiger partial charge in [0.1, 0.15) is 24.7 Å². The van der Waals surface area contributed by atoms with Crippen molar-refractivity contribution in [1.82, 2.24) is 0 Å². The first-order chi connectivity index (χ1) is 16.3. The SMILES string of the molecule is O=C(CNc1ccccc1OCc1ccccc1)Nc1ccc(OCc2ccccc2)cc1. The Morgan fingerprint density at radius 1 is 0.636 bits per heavy atom. The molecular weight excluding hydrogens is 412 g/mol. The molecule has 0 unspecified atom stereocenters. The van der Waals surface area contributed by atoms with Crippen LogP contribution in [0.15, 0.2) is 109 Å². The fourth-order valence-corrected chi connectivity index (χ4v) is 3.23. The number of benzene rings is 4. The van der Waals surface area contributed by atoms with E-state index in [0.29, 0.717) is 24.7 Å². The number of nitrogens with one attached hydrogen (secondary N) is 2. The number of carbonyl (C=O) groups is 1. The highest BCUT2D eigenvalue weighted by atomic mass is 16.5. The van der Waals surface area contributed by atoms with Crippen molar-refractivity contribution in [2.75, 3.05) is 17.2 Å². The zero-order valence-electron chi connectivity index (χ0n) is 18.2.